The average molecular weight is 493 g/mol. The van der Waals surface area contributed by atoms with Crippen molar-refractivity contribution >= 4 is 17.4 Å². The Bertz CT molecular complexity index is 1100. The largest absolute Gasteiger partial charge is 0.507 e. The van der Waals surface area contributed by atoms with Gasteiger partial charge in [0.1, 0.15) is 23.9 Å². The molecule has 2 aromatic carbocycles. The van der Waals surface area contributed by atoms with Gasteiger partial charge in [0.25, 0.3) is 11.7 Å². The monoisotopic (exact) mass is 492 g/mol. The van der Waals surface area contributed by atoms with Crippen molar-refractivity contribution in [1.29, 1.82) is 0 Å². The van der Waals surface area contributed by atoms with Crippen molar-refractivity contribution in [2.45, 2.75) is 13.0 Å². The molecule has 2 aliphatic rings. The van der Waals surface area contributed by atoms with E-state index in [0.717, 1.165) is 18.7 Å². The first-order valence-electron chi connectivity index (χ1n) is 12.2. The summed E-state index contributed by atoms with van der Waals surface area (Å²) in [6, 6.07) is 13.3. The summed E-state index contributed by atoms with van der Waals surface area (Å²) in [7, 11) is 0. The van der Waals surface area contributed by atoms with Gasteiger partial charge in [0.2, 0.25) is 0 Å². The number of benzene rings is 2. The number of likely N-dealkylation sites (tertiary alicyclic amines) is 1. The highest BCUT2D eigenvalue weighted by Crippen LogP contribution is 2.40. The number of morpholine rings is 1. The lowest BCUT2D eigenvalue weighted by molar-refractivity contribution is -0.140. The van der Waals surface area contributed by atoms with Crippen LogP contribution in [-0.2, 0) is 14.3 Å². The van der Waals surface area contributed by atoms with Crippen molar-refractivity contribution in [3.63, 3.8) is 0 Å². The predicted molar refractivity (Wildman–Crippen MR) is 136 cm³/mol. The van der Waals surface area contributed by atoms with E-state index in [0.29, 0.717) is 56.6 Å². The summed E-state index contributed by atoms with van der Waals surface area (Å²) < 4.78 is 16.5. The molecule has 0 unspecified atom stereocenters. The molecule has 2 aliphatic heterocycles. The van der Waals surface area contributed by atoms with Gasteiger partial charge < -0.3 is 24.2 Å². The Morgan fingerprint density at radius 3 is 2.31 bits per heavy atom. The normalized spacial score (nSPS) is 19.9. The highest BCUT2D eigenvalue weighted by molar-refractivity contribution is 6.46. The summed E-state index contributed by atoms with van der Waals surface area (Å²) in [5.74, 6) is -0.211. The Hall–Kier alpha value is -3.62. The summed E-state index contributed by atoms with van der Waals surface area (Å²) in [6.07, 6.45) is 1.66. The zero-order valence-corrected chi connectivity index (χ0v) is 20.5. The van der Waals surface area contributed by atoms with E-state index in [9.17, 15) is 14.7 Å². The molecule has 0 radical (unpaired) electrons. The third-order valence-electron chi connectivity index (χ3n) is 6.30. The number of Topliss-reactive ketones (excluding diaryl/α,β-unsaturated/α-hetero) is 1. The second kappa shape index (κ2) is 11.9. The van der Waals surface area contributed by atoms with Crippen molar-refractivity contribution in [2.75, 3.05) is 52.6 Å². The molecule has 0 aromatic heterocycles. The molecule has 1 atom stereocenters. The standard InChI is InChI=1S/C28H32N2O6/c1-3-17-36-23-9-5-20(6-10-23)25-24(26(31)21-7-11-22(12-8-21)35-4-2)27(32)28(33)30(25)14-13-29-15-18-34-19-16-29/h3,5-12,25,31H,1,4,13-19H2,2H3/t25-/m0/s1. The Kier molecular flexibility index (Phi) is 8.40. The highest BCUT2D eigenvalue weighted by Gasteiger charge is 2.46. The molecule has 0 aliphatic carbocycles. The van der Waals surface area contributed by atoms with E-state index in [1.807, 2.05) is 19.1 Å². The summed E-state index contributed by atoms with van der Waals surface area (Å²) in [4.78, 5) is 30.2. The first-order chi connectivity index (χ1) is 17.5. The van der Waals surface area contributed by atoms with Crippen LogP contribution in [0, 0.1) is 0 Å². The minimum atomic E-state index is -0.717. The molecule has 8 nitrogen and oxygen atoms in total. The van der Waals surface area contributed by atoms with Crippen LogP contribution in [0.1, 0.15) is 24.1 Å². The molecule has 2 saturated heterocycles. The molecule has 0 spiro atoms. The fourth-order valence-electron chi connectivity index (χ4n) is 4.46. The van der Waals surface area contributed by atoms with E-state index in [1.165, 1.54) is 0 Å². The van der Waals surface area contributed by atoms with Gasteiger partial charge in [-0.2, -0.15) is 0 Å². The summed E-state index contributed by atoms with van der Waals surface area (Å²) >= 11 is 0. The van der Waals surface area contributed by atoms with Gasteiger partial charge in [-0.1, -0.05) is 24.8 Å². The van der Waals surface area contributed by atoms with Gasteiger partial charge >= 0.3 is 0 Å². The van der Waals surface area contributed by atoms with Gasteiger partial charge in [-0.05, 0) is 48.9 Å². The number of carbonyl (C=O) groups excluding carboxylic acids is 2. The van der Waals surface area contributed by atoms with E-state index in [2.05, 4.69) is 11.5 Å². The number of amides is 1. The van der Waals surface area contributed by atoms with E-state index in [1.54, 1.807) is 47.4 Å². The molecule has 0 saturated carbocycles. The fraction of sp³-hybridized carbons (Fsp3) is 0.357. The average Bonchev–Trinajstić information content (AvgIpc) is 3.16. The van der Waals surface area contributed by atoms with Crippen LogP contribution in [0.25, 0.3) is 5.76 Å². The summed E-state index contributed by atoms with van der Waals surface area (Å²) in [6.45, 7) is 10.2. The summed E-state index contributed by atoms with van der Waals surface area (Å²) in [5.41, 5.74) is 1.24. The molecule has 2 heterocycles. The van der Waals surface area contributed by atoms with E-state index < -0.39 is 17.7 Å². The zero-order valence-electron chi connectivity index (χ0n) is 20.5. The molecule has 0 bridgehead atoms. The van der Waals surface area contributed by atoms with Crippen molar-refractivity contribution in [3.05, 3.63) is 77.9 Å². The number of hydrogen-bond acceptors (Lipinski definition) is 7. The van der Waals surface area contributed by atoms with Crippen LogP contribution in [0.3, 0.4) is 0 Å². The quantitative estimate of drug-likeness (QED) is 0.235. The maximum absolute atomic E-state index is 13.2. The van der Waals surface area contributed by atoms with Gasteiger partial charge in [0, 0.05) is 31.7 Å². The van der Waals surface area contributed by atoms with Crippen molar-refractivity contribution < 1.29 is 28.9 Å². The maximum atomic E-state index is 13.2. The molecule has 1 amide bonds. The molecule has 190 valence electrons. The molecular weight excluding hydrogens is 460 g/mol. The van der Waals surface area contributed by atoms with Crippen molar-refractivity contribution in [1.82, 2.24) is 9.80 Å². The van der Waals surface area contributed by atoms with Crippen LogP contribution in [0.4, 0.5) is 0 Å². The third kappa shape index (κ3) is 5.61. The smallest absolute Gasteiger partial charge is 0.295 e. The predicted octanol–water partition coefficient (Wildman–Crippen LogP) is 3.40. The number of aliphatic hydroxyl groups excluding tert-OH is 1. The second-order valence-corrected chi connectivity index (χ2v) is 8.57. The maximum Gasteiger partial charge on any atom is 0.295 e. The van der Waals surface area contributed by atoms with Gasteiger partial charge in [0.15, 0.2) is 0 Å². The Morgan fingerprint density at radius 1 is 1.03 bits per heavy atom. The number of hydrogen-bond donors (Lipinski definition) is 1. The SMILES string of the molecule is C=CCOc1ccc([C@H]2C(=C(O)c3ccc(OCC)cc3)C(=O)C(=O)N2CCN2CCOCC2)cc1. The molecule has 4 rings (SSSR count). The van der Waals surface area contributed by atoms with Crippen LogP contribution in [0.15, 0.2) is 66.8 Å². The Morgan fingerprint density at radius 2 is 1.67 bits per heavy atom. The number of ketones is 1. The van der Waals surface area contributed by atoms with Crippen LogP contribution in [0.5, 0.6) is 11.5 Å². The van der Waals surface area contributed by atoms with E-state index >= 15 is 0 Å². The third-order valence-corrected chi connectivity index (χ3v) is 6.30. The molecule has 1 N–H and O–H groups in total. The van der Waals surface area contributed by atoms with Gasteiger partial charge in [-0.15, -0.1) is 0 Å². The lowest BCUT2D eigenvalue weighted by Gasteiger charge is -2.31. The number of ether oxygens (including phenoxy) is 3. The van der Waals surface area contributed by atoms with Crippen LogP contribution < -0.4 is 9.47 Å². The number of aliphatic hydroxyl groups is 1. The Balaban J connectivity index is 1.69. The van der Waals surface area contributed by atoms with Crippen molar-refractivity contribution in [2.24, 2.45) is 0 Å². The van der Waals surface area contributed by atoms with Crippen LogP contribution in [0.2, 0.25) is 0 Å². The molecular formula is C28H32N2O6. The number of carbonyl (C=O) groups is 2. The van der Waals surface area contributed by atoms with Gasteiger partial charge in [0.05, 0.1) is 31.4 Å². The lowest BCUT2D eigenvalue weighted by atomic mass is 9.95. The number of rotatable bonds is 10. The molecule has 2 fully saturated rings. The Labute approximate surface area is 211 Å². The molecule has 36 heavy (non-hydrogen) atoms. The van der Waals surface area contributed by atoms with E-state index in [-0.39, 0.29) is 11.3 Å². The van der Waals surface area contributed by atoms with E-state index in [4.69, 9.17) is 14.2 Å². The fourth-order valence-corrected chi connectivity index (χ4v) is 4.46. The molecule has 8 heteroatoms. The topological polar surface area (TPSA) is 88.5 Å². The highest BCUT2D eigenvalue weighted by atomic mass is 16.5. The molecule has 2 aromatic rings. The first-order valence-corrected chi connectivity index (χ1v) is 12.2. The van der Waals surface area contributed by atoms with Gasteiger partial charge in [-0.3, -0.25) is 14.5 Å². The van der Waals surface area contributed by atoms with Crippen LogP contribution in [-0.4, -0.2) is 79.2 Å². The van der Waals surface area contributed by atoms with Crippen LogP contribution >= 0.6 is 0 Å². The van der Waals surface area contributed by atoms with Crippen molar-refractivity contribution in [3.8, 4) is 11.5 Å². The second-order valence-electron chi connectivity index (χ2n) is 8.57. The van der Waals surface area contributed by atoms with Gasteiger partial charge in [-0.25, -0.2) is 0 Å². The minimum absolute atomic E-state index is 0.0749. The lowest BCUT2D eigenvalue weighted by Crippen LogP contribution is -2.42. The minimum Gasteiger partial charge on any atom is -0.507 e. The summed E-state index contributed by atoms with van der Waals surface area (Å²) in [5, 5.41) is 11.2. The number of nitrogens with zero attached hydrogens (tertiary/aromatic N) is 2. The first kappa shape index (κ1) is 25.5. The zero-order chi connectivity index (χ0) is 25.5.